The fourth-order valence-corrected chi connectivity index (χ4v) is 7.79. The maximum absolute atomic E-state index is 14.7. The molecule has 2 bridgehead atoms. The van der Waals surface area contributed by atoms with E-state index >= 15 is 0 Å². The van der Waals surface area contributed by atoms with Crippen molar-refractivity contribution in [1.82, 2.24) is 0 Å². The fourth-order valence-electron chi connectivity index (χ4n) is 7.79. The maximum Gasteiger partial charge on any atom is 0.239 e. The van der Waals surface area contributed by atoms with E-state index < -0.39 is 22.7 Å². The van der Waals surface area contributed by atoms with Gasteiger partial charge in [-0.05, 0) is 72.2 Å². The van der Waals surface area contributed by atoms with Crippen molar-refractivity contribution in [3.05, 3.63) is 101 Å². The maximum atomic E-state index is 14.7. The molecule has 4 heteroatoms. The van der Waals surface area contributed by atoms with Crippen molar-refractivity contribution >= 4 is 34.4 Å². The zero-order valence-electron chi connectivity index (χ0n) is 21.7. The van der Waals surface area contributed by atoms with E-state index in [1.54, 1.807) is 0 Å². The van der Waals surface area contributed by atoms with Crippen LogP contribution in [-0.4, -0.2) is 17.6 Å². The van der Waals surface area contributed by atoms with Gasteiger partial charge in [0.2, 0.25) is 11.8 Å². The lowest BCUT2D eigenvalue weighted by atomic mass is 9.60. The van der Waals surface area contributed by atoms with Gasteiger partial charge in [-0.3, -0.25) is 14.4 Å². The van der Waals surface area contributed by atoms with Crippen LogP contribution in [0.15, 0.2) is 78.9 Å². The summed E-state index contributed by atoms with van der Waals surface area (Å²) in [5.41, 5.74) is 4.27. The highest BCUT2D eigenvalue weighted by Crippen LogP contribution is 2.75. The van der Waals surface area contributed by atoms with Crippen molar-refractivity contribution in [3.63, 3.8) is 0 Å². The lowest BCUT2D eigenvalue weighted by Crippen LogP contribution is -2.41. The Morgan fingerprint density at radius 3 is 1.43 bits per heavy atom. The predicted octanol–water partition coefficient (Wildman–Crippen LogP) is 6.41. The molecule has 186 valence electrons. The van der Waals surface area contributed by atoms with E-state index in [0.717, 1.165) is 33.4 Å². The Balaban J connectivity index is 1.67. The second-order valence-electron chi connectivity index (χ2n) is 10.8. The molecule has 0 N–H and O–H groups in total. The number of carbonyl (C=O) groups excluding carboxylic acids is 3. The predicted molar refractivity (Wildman–Crippen MR) is 146 cm³/mol. The van der Waals surface area contributed by atoms with Gasteiger partial charge in [0.05, 0.1) is 28.4 Å². The van der Waals surface area contributed by atoms with E-state index in [0.29, 0.717) is 18.5 Å². The molecule has 0 aromatic heterocycles. The zero-order chi connectivity index (χ0) is 26.1. The molecule has 1 saturated heterocycles. The van der Waals surface area contributed by atoms with Crippen LogP contribution in [0, 0.1) is 36.5 Å². The second-order valence-corrected chi connectivity index (χ2v) is 10.8. The Kier molecular flexibility index (Phi) is 5.17. The van der Waals surface area contributed by atoms with Crippen molar-refractivity contribution < 1.29 is 14.4 Å². The van der Waals surface area contributed by atoms with E-state index in [1.807, 2.05) is 107 Å². The van der Waals surface area contributed by atoms with Crippen LogP contribution in [0.2, 0.25) is 0 Å². The van der Waals surface area contributed by atoms with Crippen molar-refractivity contribution in [2.75, 3.05) is 4.90 Å². The van der Waals surface area contributed by atoms with Gasteiger partial charge in [-0.2, -0.15) is 0 Å². The van der Waals surface area contributed by atoms with Crippen LogP contribution in [0.1, 0.15) is 48.9 Å². The van der Waals surface area contributed by atoms with Gasteiger partial charge in [0.15, 0.2) is 5.78 Å². The van der Waals surface area contributed by atoms with Gasteiger partial charge in [0.25, 0.3) is 0 Å². The van der Waals surface area contributed by atoms with Crippen LogP contribution in [0.5, 0.6) is 0 Å². The monoisotopic (exact) mass is 489 g/mol. The molecule has 4 unspecified atom stereocenters. The summed E-state index contributed by atoms with van der Waals surface area (Å²) < 4.78 is 0. The molecule has 2 aliphatic carbocycles. The number of nitrogens with zero attached hydrogens (tertiary/aromatic N) is 1. The average Bonchev–Trinajstić information content (AvgIpc) is 3.40. The normalized spacial score (nSPS) is 28.4. The van der Waals surface area contributed by atoms with Gasteiger partial charge in [0, 0.05) is 0 Å². The molecule has 1 saturated carbocycles. The average molecular weight is 490 g/mol. The summed E-state index contributed by atoms with van der Waals surface area (Å²) in [6, 6.07) is 25.8. The lowest BCUT2D eigenvalue weighted by molar-refractivity contribution is -0.134. The first kappa shape index (κ1) is 23.6. The number of Topliss-reactive ketones (excluding diaryl/α,β-unsaturated/α-hetero) is 1. The SMILES string of the molecule is CCC12C(=O)C(CC)(C(c3ccccc3)=C1c1ccccc1)C1C(=O)N(c3cc(C)cc(C)c3)C(=O)C12. The summed E-state index contributed by atoms with van der Waals surface area (Å²) in [5, 5.41) is 0. The van der Waals surface area contributed by atoms with Gasteiger partial charge in [-0.15, -0.1) is 0 Å². The molecule has 37 heavy (non-hydrogen) atoms. The largest absolute Gasteiger partial charge is 0.298 e. The first-order valence-corrected chi connectivity index (χ1v) is 13.2. The van der Waals surface area contributed by atoms with E-state index in [4.69, 9.17) is 0 Å². The number of allylic oxidation sites excluding steroid dienone is 2. The Morgan fingerprint density at radius 2 is 1.05 bits per heavy atom. The summed E-state index contributed by atoms with van der Waals surface area (Å²) in [6.45, 7) is 7.93. The fraction of sp³-hybridized carbons (Fsp3) is 0.303. The minimum atomic E-state index is -1.05. The first-order valence-electron chi connectivity index (χ1n) is 13.2. The number of imide groups is 1. The van der Waals surface area contributed by atoms with Crippen LogP contribution in [0.3, 0.4) is 0 Å². The molecule has 3 aliphatic rings. The number of amides is 2. The summed E-state index contributed by atoms with van der Waals surface area (Å²) in [5.74, 6) is -1.86. The Hall–Kier alpha value is -3.79. The van der Waals surface area contributed by atoms with Crippen LogP contribution >= 0.6 is 0 Å². The minimum absolute atomic E-state index is 0.0412. The zero-order valence-corrected chi connectivity index (χ0v) is 21.7. The van der Waals surface area contributed by atoms with Crippen molar-refractivity contribution in [2.45, 2.75) is 40.5 Å². The molecule has 1 heterocycles. The smallest absolute Gasteiger partial charge is 0.239 e. The molecule has 0 radical (unpaired) electrons. The lowest BCUT2D eigenvalue weighted by Gasteiger charge is -2.38. The van der Waals surface area contributed by atoms with E-state index in [9.17, 15) is 14.4 Å². The van der Waals surface area contributed by atoms with Gasteiger partial charge in [-0.25, -0.2) is 4.90 Å². The molecule has 3 aromatic carbocycles. The highest BCUT2D eigenvalue weighted by atomic mass is 16.2. The van der Waals surface area contributed by atoms with Crippen molar-refractivity contribution in [3.8, 4) is 0 Å². The van der Waals surface area contributed by atoms with Crippen LogP contribution < -0.4 is 4.90 Å². The molecular weight excluding hydrogens is 458 g/mol. The number of aryl methyl sites for hydroxylation is 2. The first-order chi connectivity index (χ1) is 17.8. The van der Waals surface area contributed by atoms with E-state index in [1.165, 1.54) is 4.90 Å². The number of fused-ring (bicyclic) bond motifs is 5. The third kappa shape index (κ3) is 2.81. The van der Waals surface area contributed by atoms with Crippen LogP contribution in [0.4, 0.5) is 5.69 Å². The molecule has 4 atom stereocenters. The number of rotatable bonds is 5. The van der Waals surface area contributed by atoms with Gasteiger partial charge in [-0.1, -0.05) is 80.6 Å². The van der Waals surface area contributed by atoms with Gasteiger partial charge < -0.3 is 0 Å². The number of hydrogen-bond acceptors (Lipinski definition) is 3. The van der Waals surface area contributed by atoms with E-state index in [-0.39, 0.29) is 17.6 Å². The Labute approximate surface area is 218 Å². The van der Waals surface area contributed by atoms with Gasteiger partial charge in [0.1, 0.15) is 0 Å². The van der Waals surface area contributed by atoms with Gasteiger partial charge >= 0.3 is 0 Å². The molecule has 6 rings (SSSR count). The van der Waals surface area contributed by atoms with Crippen LogP contribution in [0.25, 0.3) is 11.1 Å². The molecular formula is C33H31NO3. The Morgan fingerprint density at radius 1 is 0.649 bits per heavy atom. The third-order valence-corrected chi connectivity index (χ3v) is 9.03. The van der Waals surface area contributed by atoms with Crippen LogP contribution in [-0.2, 0) is 14.4 Å². The topological polar surface area (TPSA) is 54.5 Å². The highest BCUT2D eigenvalue weighted by Gasteiger charge is 2.80. The second kappa shape index (κ2) is 8.11. The standard InChI is InChI=1S/C33H31NO3/c1-5-32-25(22-13-9-7-10-14-22)26(23-15-11-8-12-16-23)33(6-2,31(32)37)28-27(32)29(35)34(30(28)36)24-18-20(3)17-21(4)19-24/h7-19,27-28H,5-6H2,1-4H3. The Bertz CT molecular complexity index is 1380. The summed E-state index contributed by atoms with van der Waals surface area (Å²) in [4.78, 5) is 44.8. The molecule has 0 spiro atoms. The minimum Gasteiger partial charge on any atom is -0.298 e. The highest BCUT2D eigenvalue weighted by molar-refractivity contribution is 6.34. The molecule has 4 nitrogen and oxygen atoms in total. The third-order valence-electron chi connectivity index (χ3n) is 9.03. The molecule has 2 fully saturated rings. The van der Waals surface area contributed by atoms with E-state index in [2.05, 4.69) is 0 Å². The summed E-state index contributed by atoms with van der Waals surface area (Å²) in [6.07, 6.45) is 0.935. The van der Waals surface area contributed by atoms with Crippen molar-refractivity contribution in [1.29, 1.82) is 0 Å². The van der Waals surface area contributed by atoms with Crippen molar-refractivity contribution in [2.24, 2.45) is 22.7 Å². The number of benzene rings is 3. The molecule has 3 aromatic rings. The summed E-state index contributed by atoms with van der Waals surface area (Å²) in [7, 11) is 0. The summed E-state index contributed by atoms with van der Waals surface area (Å²) >= 11 is 0. The number of ketones is 1. The number of hydrogen-bond donors (Lipinski definition) is 0. The quantitative estimate of drug-likeness (QED) is 0.389. The number of carbonyl (C=O) groups is 3. The molecule has 1 aliphatic heterocycles. The molecule has 2 amide bonds. The number of anilines is 1.